The average molecular weight is 474 g/mol. The van der Waals surface area contributed by atoms with Crippen molar-refractivity contribution in [2.24, 2.45) is 0 Å². The van der Waals surface area contributed by atoms with Crippen LogP contribution in [-0.2, 0) is 9.59 Å². The van der Waals surface area contributed by atoms with Crippen LogP contribution in [0.1, 0.15) is 23.8 Å². The van der Waals surface area contributed by atoms with Gasteiger partial charge in [0.2, 0.25) is 5.91 Å². The molecule has 2 aromatic carbocycles. The molecular formula is C23H21ClFN3O3S. The number of carboxylic acids is 1. The van der Waals surface area contributed by atoms with Crippen LogP contribution >= 0.6 is 23.4 Å². The molecule has 0 radical (unpaired) electrons. The maximum absolute atomic E-state index is 14.4. The number of nitrogens with zero attached hydrogens (tertiary/aromatic N) is 2. The van der Waals surface area contributed by atoms with Crippen molar-refractivity contribution in [1.82, 2.24) is 9.88 Å². The van der Waals surface area contributed by atoms with Crippen molar-refractivity contribution >= 4 is 51.8 Å². The van der Waals surface area contributed by atoms with Gasteiger partial charge in [0.1, 0.15) is 11.2 Å². The van der Waals surface area contributed by atoms with Crippen molar-refractivity contribution in [1.29, 1.82) is 0 Å². The van der Waals surface area contributed by atoms with E-state index in [9.17, 15) is 14.0 Å². The van der Waals surface area contributed by atoms with E-state index in [1.54, 1.807) is 41.4 Å². The van der Waals surface area contributed by atoms with E-state index in [1.165, 1.54) is 17.8 Å². The second-order valence-corrected chi connectivity index (χ2v) is 9.15. The van der Waals surface area contributed by atoms with Crippen LogP contribution in [0.3, 0.4) is 0 Å². The summed E-state index contributed by atoms with van der Waals surface area (Å²) in [5.41, 5.74) is 2.08. The SMILES string of the molecule is O=C(O)CC1SC(c2ccccc2F)N(CCCNc2ccnc3cc(Cl)ccc23)C1=O. The summed E-state index contributed by atoms with van der Waals surface area (Å²) in [5.74, 6) is -1.72. The van der Waals surface area contributed by atoms with Gasteiger partial charge in [0.05, 0.1) is 17.2 Å². The van der Waals surface area contributed by atoms with Gasteiger partial charge in [0, 0.05) is 40.9 Å². The van der Waals surface area contributed by atoms with Gasteiger partial charge in [-0.15, -0.1) is 11.8 Å². The Hall–Kier alpha value is -2.84. The van der Waals surface area contributed by atoms with Crippen LogP contribution in [0.5, 0.6) is 0 Å². The molecule has 2 unspecified atom stereocenters. The molecule has 1 amide bonds. The fraction of sp³-hybridized carbons (Fsp3) is 0.261. The normalized spacial score (nSPS) is 18.3. The third-order valence-electron chi connectivity index (χ3n) is 5.26. The summed E-state index contributed by atoms with van der Waals surface area (Å²) in [5, 5.41) is 12.8. The van der Waals surface area contributed by atoms with Crippen molar-refractivity contribution in [3.05, 3.63) is 71.1 Å². The summed E-state index contributed by atoms with van der Waals surface area (Å²) >= 11 is 7.23. The Labute approximate surface area is 193 Å². The Bertz CT molecular complexity index is 1160. The first-order chi connectivity index (χ1) is 15.4. The molecule has 4 rings (SSSR count). The lowest BCUT2D eigenvalue weighted by atomic mass is 10.1. The van der Waals surface area contributed by atoms with E-state index in [4.69, 9.17) is 16.7 Å². The molecule has 1 aliphatic rings. The Kier molecular flexibility index (Phi) is 6.81. The number of nitrogens with one attached hydrogen (secondary N) is 1. The number of halogens is 2. The van der Waals surface area contributed by atoms with E-state index in [0.717, 1.165) is 16.6 Å². The molecule has 1 aliphatic heterocycles. The van der Waals surface area contributed by atoms with Crippen LogP contribution in [-0.4, -0.2) is 45.2 Å². The number of fused-ring (bicyclic) bond motifs is 1. The molecule has 32 heavy (non-hydrogen) atoms. The van der Waals surface area contributed by atoms with E-state index in [0.29, 0.717) is 30.1 Å². The van der Waals surface area contributed by atoms with Gasteiger partial charge >= 0.3 is 5.97 Å². The van der Waals surface area contributed by atoms with Gasteiger partial charge in [-0.05, 0) is 36.8 Å². The van der Waals surface area contributed by atoms with Crippen LogP contribution in [0.2, 0.25) is 5.02 Å². The highest BCUT2D eigenvalue weighted by molar-refractivity contribution is 8.01. The average Bonchev–Trinajstić information content (AvgIpc) is 3.06. The van der Waals surface area contributed by atoms with Gasteiger partial charge < -0.3 is 15.3 Å². The minimum absolute atomic E-state index is 0.269. The molecule has 0 saturated carbocycles. The number of pyridine rings is 1. The Morgan fingerprint density at radius 1 is 1.25 bits per heavy atom. The molecule has 2 N–H and O–H groups in total. The molecule has 9 heteroatoms. The van der Waals surface area contributed by atoms with Crippen molar-refractivity contribution in [3.63, 3.8) is 0 Å². The summed E-state index contributed by atoms with van der Waals surface area (Å²) in [6.45, 7) is 0.951. The largest absolute Gasteiger partial charge is 0.481 e. The molecule has 2 atom stereocenters. The zero-order valence-electron chi connectivity index (χ0n) is 17.0. The highest BCUT2D eigenvalue weighted by Crippen LogP contribution is 2.45. The number of hydrogen-bond donors (Lipinski definition) is 2. The quantitative estimate of drug-likeness (QED) is 0.450. The van der Waals surface area contributed by atoms with E-state index in [1.807, 2.05) is 12.1 Å². The molecule has 1 aromatic heterocycles. The summed E-state index contributed by atoms with van der Waals surface area (Å²) in [6.07, 6.45) is 2.02. The molecule has 0 bridgehead atoms. The number of rotatable bonds is 8. The number of benzene rings is 2. The number of carbonyl (C=O) groups is 2. The van der Waals surface area contributed by atoms with Crippen molar-refractivity contribution in [3.8, 4) is 0 Å². The molecule has 1 fully saturated rings. The van der Waals surface area contributed by atoms with Crippen molar-refractivity contribution in [2.45, 2.75) is 23.5 Å². The van der Waals surface area contributed by atoms with E-state index >= 15 is 0 Å². The summed E-state index contributed by atoms with van der Waals surface area (Å²) in [4.78, 5) is 30.0. The number of aliphatic carboxylic acids is 1. The molecule has 0 spiro atoms. The number of aromatic nitrogens is 1. The van der Waals surface area contributed by atoms with E-state index in [-0.39, 0.29) is 12.3 Å². The van der Waals surface area contributed by atoms with Gasteiger partial charge in [-0.3, -0.25) is 14.6 Å². The molecular weight excluding hydrogens is 453 g/mol. The van der Waals surface area contributed by atoms with Gasteiger partial charge in [0.15, 0.2) is 0 Å². The predicted octanol–water partition coefficient (Wildman–Crippen LogP) is 4.95. The minimum Gasteiger partial charge on any atom is -0.481 e. The van der Waals surface area contributed by atoms with Crippen LogP contribution in [0.25, 0.3) is 10.9 Å². The van der Waals surface area contributed by atoms with Crippen molar-refractivity contribution < 1.29 is 19.1 Å². The molecule has 166 valence electrons. The summed E-state index contributed by atoms with van der Waals surface area (Å²) < 4.78 is 14.4. The second kappa shape index (κ2) is 9.75. The number of carboxylic acid groups (broad SMARTS) is 1. The zero-order valence-corrected chi connectivity index (χ0v) is 18.6. The molecule has 2 heterocycles. The number of carbonyl (C=O) groups excluding carboxylic acids is 1. The highest BCUT2D eigenvalue weighted by Gasteiger charge is 2.42. The smallest absolute Gasteiger partial charge is 0.305 e. The first kappa shape index (κ1) is 22.4. The molecule has 0 aliphatic carbocycles. The lowest BCUT2D eigenvalue weighted by molar-refractivity contribution is -0.140. The van der Waals surface area contributed by atoms with Crippen LogP contribution < -0.4 is 5.32 Å². The Balaban J connectivity index is 1.45. The second-order valence-electron chi connectivity index (χ2n) is 7.43. The number of hydrogen-bond acceptors (Lipinski definition) is 5. The maximum atomic E-state index is 14.4. The van der Waals surface area contributed by atoms with Gasteiger partial charge in [-0.2, -0.15) is 0 Å². The predicted molar refractivity (Wildman–Crippen MR) is 124 cm³/mol. The Morgan fingerprint density at radius 3 is 2.84 bits per heavy atom. The third kappa shape index (κ3) is 4.81. The van der Waals surface area contributed by atoms with Crippen molar-refractivity contribution in [2.75, 3.05) is 18.4 Å². The van der Waals surface area contributed by atoms with Gasteiger partial charge in [-0.25, -0.2) is 4.39 Å². The highest BCUT2D eigenvalue weighted by atomic mass is 35.5. The molecule has 6 nitrogen and oxygen atoms in total. The van der Waals surface area contributed by atoms with Gasteiger partial charge in [-0.1, -0.05) is 29.8 Å². The first-order valence-corrected chi connectivity index (χ1v) is 11.5. The molecule has 1 saturated heterocycles. The van der Waals surface area contributed by atoms with Crippen LogP contribution in [0.15, 0.2) is 54.7 Å². The fourth-order valence-corrected chi connectivity index (χ4v) is 5.44. The first-order valence-electron chi connectivity index (χ1n) is 10.1. The van der Waals surface area contributed by atoms with E-state index < -0.39 is 22.4 Å². The zero-order chi connectivity index (χ0) is 22.7. The number of amides is 1. The minimum atomic E-state index is -1.05. The van der Waals surface area contributed by atoms with Crippen LogP contribution in [0.4, 0.5) is 10.1 Å². The summed E-state index contributed by atoms with van der Waals surface area (Å²) in [6, 6.07) is 13.7. The molecule has 3 aromatic rings. The topological polar surface area (TPSA) is 82.5 Å². The third-order valence-corrected chi connectivity index (χ3v) is 6.96. The number of anilines is 1. The maximum Gasteiger partial charge on any atom is 0.305 e. The number of thioether (sulfide) groups is 1. The standard InChI is InChI=1S/C23H21ClFN3O3S/c24-14-6-7-16-18(8-10-27-19(16)12-14)26-9-3-11-28-22(31)20(13-21(29)30)32-23(28)15-4-1-2-5-17(15)25/h1-2,4-8,10,12,20,23H,3,9,11,13H2,(H,26,27)(H,29,30). The monoisotopic (exact) mass is 473 g/mol. The van der Waals surface area contributed by atoms with Gasteiger partial charge in [0.25, 0.3) is 0 Å². The fourth-order valence-electron chi connectivity index (χ4n) is 3.77. The van der Waals surface area contributed by atoms with Crippen LogP contribution in [0, 0.1) is 5.82 Å². The summed E-state index contributed by atoms with van der Waals surface area (Å²) in [7, 11) is 0. The van der Waals surface area contributed by atoms with E-state index in [2.05, 4.69) is 10.3 Å². The Morgan fingerprint density at radius 2 is 2.06 bits per heavy atom. The lowest BCUT2D eigenvalue weighted by Gasteiger charge is -2.24. The lowest BCUT2D eigenvalue weighted by Crippen LogP contribution is -2.33.